The molecule has 1 aromatic rings. The normalized spacial score (nSPS) is 20.0. The fourth-order valence-electron chi connectivity index (χ4n) is 6.19. The summed E-state index contributed by atoms with van der Waals surface area (Å²) in [5.74, 6) is -0.712. The smallest absolute Gasteiger partial charge is 0.243 e. The summed E-state index contributed by atoms with van der Waals surface area (Å²) in [6, 6.07) is 8.78. The van der Waals surface area contributed by atoms with E-state index in [1.54, 1.807) is 14.2 Å². The average molecular weight is 589 g/mol. The van der Waals surface area contributed by atoms with Crippen LogP contribution in [-0.2, 0) is 30.3 Å². The standard InChI is InChI=1S/C33H56N4O5/c1-11-22(2)29(36(7)8)27(41-9)21-28(38)37-19-15-18-26(37)30(42-10)23(3)31(39)34-25(32(40)35-33(4,5)6)20-24-16-13-12-14-17-24/h12-14,16-17,22-23,25-27,29-30H,11,15,18-21H2,1-10H3,(H,34,39)(H,35,40)/t22-,23+,25-,26-,27+,29-,30+/m0/s1. The number of likely N-dealkylation sites (tertiary alicyclic amines) is 1. The quantitative estimate of drug-likeness (QED) is 0.325. The Morgan fingerprint density at radius 2 is 1.69 bits per heavy atom. The molecule has 9 heteroatoms. The molecule has 7 atom stereocenters. The fraction of sp³-hybridized carbons (Fsp3) is 0.727. The Balaban J connectivity index is 2.20. The van der Waals surface area contributed by atoms with Gasteiger partial charge in [0.2, 0.25) is 17.7 Å². The molecule has 0 unspecified atom stereocenters. The van der Waals surface area contributed by atoms with Gasteiger partial charge in [0.25, 0.3) is 0 Å². The van der Waals surface area contributed by atoms with E-state index in [-0.39, 0.29) is 42.3 Å². The molecule has 1 saturated heterocycles. The first-order valence-corrected chi connectivity index (χ1v) is 15.4. The van der Waals surface area contributed by atoms with Crippen LogP contribution in [0.3, 0.4) is 0 Å². The number of amides is 3. The fourth-order valence-corrected chi connectivity index (χ4v) is 6.19. The highest BCUT2D eigenvalue weighted by Crippen LogP contribution is 2.29. The van der Waals surface area contributed by atoms with Gasteiger partial charge >= 0.3 is 0 Å². The summed E-state index contributed by atoms with van der Waals surface area (Å²) in [7, 11) is 7.32. The molecule has 1 aliphatic heterocycles. The summed E-state index contributed by atoms with van der Waals surface area (Å²) in [5.41, 5.74) is 0.513. The molecule has 2 rings (SSSR count). The van der Waals surface area contributed by atoms with Crippen LogP contribution in [0.4, 0.5) is 0 Å². The number of carbonyl (C=O) groups is 3. The molecule has 0 aromatic heterocycles. The number of benzene rings is 1. The molecule has 0 bridgehead atoms. The zero-order valence-corrected chi connectivity index (χ0v) is 27.6. The maximum absolute atomic E-state index is 13.7. The van der Waals surface area contributed by atoms with Gasteiger partial charge in [0.1, 0.15) is 6.04 Å². The van der Waals surface area contributed by atoms with Crippen molar-refractivity contribution < 1.29 is 23.9 Å². The number of ether oxygens (including phenoxy) is 2. The molecular formula is C33H56N4O5. The topological polar surface area (TPSA) is 100 Å². The summed E-state index contributed by atoms with van der Waals surface area (Å²) in [6.07, 6.45) is 2.46. The second-order valence-electron chi connectivity index (χ2n) is 13.1. The van der Waals surface area contributed by atoms with E-state index in [1.807, 2.05) is 77.0 Å². The number of hydrogen-bond acceptors (Lipinski definition) is 6. The van der Waals surface area contributed by atoms with Gasteiger partial charge in [-0.3, -0.25) is 14.4 Å². The van der Waals surface area contributed by atoms with E-state index < -0.39 is 23.6 Å². The molecule has 42 heavy (non-hydrogen) atoms. The third-order valence-corrected chi connectivity index (χ3v) is 8.47. The molecular weight excluding hydrogens is 532 g/mol. The molecule has 2 N–H and O–H groups in total. The zero-order chi connectivity index (χ0) is 31.6. The monoisotopic (exact) mass is 588 g/mol. The van der Waals surface area contributed by atoms with Crippen molar-refractivity contribution in [1.82, 2.24) is 20.4 Å². The molecule has 0 saturated carbocycles. The summed E-state index contributed by atoms with van der Waals surface area (Å²) in [4.78, 5) is 44.6. The van der Waals surface area contributed by atoms with Gasteiger partial charge in [-0.05, 0) is 59.2 Å². The van der Waals surface area contributed by atoms with Gasteiger partial charge in [-0.2, -0.15) is 0 Å². The van der Waals surface area contributed by atoms with Gasteiger partial charge in [0.05, 0.1) is 30.6 Å². The Labute approximate surface area is 254 Å². The van der Waals surface area contributed by atoms with Crippen molar-refractivity contribution in [1.29, 1.82) is 0 Å². The largest absolute Gasteiger partial charge is 0.379 e. The average Bonchev–Trinajstić information content (AvgIpc) is 3.41. The first-order chi connectivity index (χ1) is 19.7. The lowest BCUT2D eigenvalue weighted by Gasteiger charge is -2.38. The first kappa shape index (κ1) is 35.7. The van der Waals surface area contributed by atoms with Gasteiger partial charge in [0.15, 0.2) is 0 Å². The predicted octanol–water partition coefficient (Wildman–Crippen LogP) is 3.65. The summed E-state index contributed by atoms with van der Waals surface area (Å²) in [6.45, 7) is 12.5. The Morgan fingerprint density at radius 1 is 1.05 bits per heavy atom. The second-order valence-corrected chi connectivity index (χ2v) is 13.1. The number of carbonyl (C=O) groups excluding carboxylic acids is 3. The number of methoxy groups -OCH3 is 2. The van der Waals surface area contributed by atoms with Gasteiger partial charge < -0.3 is 29.9 Å². The van der Waals surface area contributed by atoms with E-state index in [2.05, 4.69) is 29.4 Å². The van der Waals surface area contributed by atoms with Crippen LogP contribution < -0.4 is 10.6 Å². The zero-order valence-electron chi connectivity index (χ0n) is 27.6. The molecule has 1 aromatic carbocycles. The maximum Gasteiger partial charge on any atom is 0.243 e. The van der Waals surface area contributed by atoms with Gasteiger partial charge in [-0.15, -0.1) is 0 Å². The number of nitrogens with zero attached hydrogens (tertiary/aromatic N) is 2. The SMILES string of the molecule is CC[C@H](C)[C@@H]([C@@H](CC(=O)N1CCC[C@H]1[C@H](OC)[C@@H](C)C(=O)N[C@@H](Cc1ccccc1)C(=O)NC(C)(C)C)OC)N(C)C. The van der Waals surface area contributed by atoms with Crippen molar-refractivity contribution in [2.45, 2.75) is 110 Å². The number of likely N-dealkylation sites (N-methyl/N-ethyl adjacent to an activating group) is 1. The van der Waals surface area contributed by atoms with Crippen molar-refractivity contribution in [2.75, 3.05) is 34.9 Å². The molecule has 9 nitrogen and oxygen atoms in total. The van der Waals surface area contributed by atoms with E-state index in [9.17, 15) is 14.4 Å². The van der Waals surface area contributed by atoms with E-state index in [1.165, 1.54) is 0 Å². The van der Waals surface area contributed by atoms with Crippen molar-refractivity contribution in [3.63, 3.8) is 0 Å². The van der Waals surface area contributed by atoms with Crippen molar-refractivity contribution in [3.05, 3.63) is 35.9 Å². The van der Waals surface area contributed by atoms with E-state index >= 15 is 0 Å². The van der Waals surface area contributed by atoms with Gasteiger partial charge in [-0.25, -0.2) is 0 Å². The molecule has 3 amide bonds. The Bertz CT molecular complexity index is 996. The van der Waals surface area contributed by atoms with E-state index in [4.69, 9.17) is 9.47 Å². The summed E-state index contributed by atoms with van der Waals surface area (Å²) < 4.78 is 11.8. The van der Waals surface area contributed by atoms with Crippen LogP contribution in [-0.4, -0.2) is 98.3 Å². The Hall–Kier alpha value is -2.49. The van der Waals surface area contributed by atoms with E-state index in [0.717, 1.165) is 24.8 Å². The molecule has 0 radical (unpaired) electrons. The molecule has 238 valence electrons. The summed E-state index contributed by atoms with van der Waals surface area (Å²) in [5, 5.41) is 6.00. The minimum atomic E-state index is -0.744. The number of nitrogens with one attached hydrogen (secondary N) is 2. The highest BCUT2D eigenvalue weighted by atomic mass is 16.5. The lowest BCUT2D eigenvalue weighted by atomic mass is 9.90. The lowest BCUT2D eigenvalue weighted by Crippen LogP contribution is -2.56. The van der Waals surface area contributed by atoms with Crippen LogP contribution in [0.2, 0.25) is 0 Å². The molecule has 1 fully saturated rings. The Kier molecular flexibility index (Phi) is 13.9. The second kappa shape index (κ2) is 16.4. The van der Waals surface area contributed by atoms with Crippen molar-refractivity contribution >= 4 is 17.7 Å². The number of rotatable bonds is 15. The Morgan fingerprint density at radius 3 is 2.21 bits per heavy atom. The molecule has 1 aliphatic rings. The van der Waals surface area contributed by atoms with Crippen LogP contribution in [0.5, 0.6) is 0 Å². The van der Waals surface area contributed by atoms with Crippen LogP contribution in [0.25, 0.3) is 0 Å². The highest BCUT2D eigenvalue weighted by Gasteiger charge is 2.42. The van der Waals surface area contributed by atoms with Crippen LogP contribution in [0.1, 0.15) is 72.8 Å². The lowest BCUT2D eigenvalue weighted by molar-refractivity contribution is -0.143. The third-order valence-electron chi connectivity index (χ3n) is 8.47. The van der Waals surface area contributed by atoms with Gasteiger partial charge in [0, 0.05) is 38.8 Å². The molecule has 0 aliphatic carbocycles. The van der Waals surface area contributed by atoms with Gasteiger partial charge in [-0.1, -0.05) is 57.5 Å². The van der Waals surface area contributed by atoms with Crippen LogP contribution in [0, 0.1) is 11.8 Å². The molecule has 1 heterocycles. The first-order valence-electron chi connectivity index (χ1n) is 15.4. The predicted molar refractivity (Wildman–Crippen MR) is 167 cm³/mol. The molecule has 0 spiro atoms. The summed E-state index contributed by atoms with van der Waals surface area (Å²) >= 11 is 0. The number of hydrogen-bond donors (Lipinski definition) is 2. The minimum absolute atomic E-state index is 0.0145. The van der Waals surface area contributed by atoms with E-state index in [0.29, 0.717) is 18.9 Å². The van der Waals surface area contributed by atoms with Crippen molar-refractivity contribution in [3.8, 4) is 0 Å². The van der Waals surface area contributed by atoms with Crippen LogP contribution >= 0.6 is 0 Å². The highest BCUT2D eigenvalue weighted by molar-refractivity contribution is 5.89. The maximum atomic E-state index is 13.7. The minimum Gasteiger partial charge on any atom is -0.379 e. The van der Waals surface area contributed by atoms with Crippen molar-refractivity contribution in [2.24, 2.45) is 11.8 Å². The third kappa shape index (κ3) is 10.1. The van der Waals surface area contributed by atoms with Crippen LogP contribution in [0.15, 0.2) is 30.3 Å².